The van der Waals surface area contributed by atoms with Gasteiger partial charge in [-0.15, -0.1) is 0 Å². The van der Waals surface area contributed by atoms with Gasteiger partial charge in [-0.2, -0.15) is 0 Å². The smallest absolute Gasteiger partial charge is 0.358 e. The normalized spacial score (nSPS) is 18.5. The number of halogens is 1. The highest BCUT2D eigenvalue weighted by Crippen LogP contribution is 2.30. The first-order valence-electron chi connectivity index (χ1n) is 10.3. The second-order valence-corrected chi connectivity index (χ2v) is 8.58. The van der Waals surface area contributed by atoms with Crippen molar-refractivity contribution < 1.29 is 23.9 Å². The Balaban J connectivity index is 1.72. The Morgan fingerprint density at radius 1 is 1.31 bits per heavy atom. The molecule has 1 aliphatic heterocycles. The van der Waals surface area contributed by atoms with E-state index in [-0.39, 0.29) is 46.8 Å². The van der Waals surface area contributed by atoms with Crippen LogP contribution in [0.15, 0.2) is 0 Å². The number of carbonyl (C=O) groups is 3. The highest BCUT2D eigenvalue weighted by molar-refractivity contribution is 7.17. The molecule has 0 aromatic carbocycles. The number of anilines is 1. The quantitative estimate of drug-likeness (QED) is 0.433. The Morgan fingerprint density at radius 3 is 2.66 bits per heavy atom. The minimum Gasteiger partial charge on any atom is -0.461 e. The van der Waals surface area contributed by atoms with Gasteiger partial charge in [-0.05, 0) is 19.8 Å². The van der Waals surface area contributed by atoms with E-state index in [1.807, 2.05) is 11.8 Å². The van der Waals surface area contributed by atoms with Crippen molar-refractivity contribution in [2.75, 3.05) is 31.7 Å². The van der Waals surface area contributed by atoms with E-state index in [0.717, 1.165) is 11.3 Å². The number of amides is 1. The molecular weight excluding hydrogens is 458 g/mol. The van der Waals surface area contributed by atoms with E-state index in [9.17, 15) is 14.4 Å². The maximum Gasteiger partial charge on any atom is 0.358 e. The molecule has 0 unspecified atom stereocenters. The molecule has 2 aromatic heterocycles. The summed E-state index contributed by atoms with van der Waals surface area (Å²) in [6.45, 7) is 6.18. The molecule has 32 heavy (non-hydrogen) atoms. The van der Waals surface area contributed by atoms with Crippen LogP contribution in [0.4, 0.5) is 5.13 Å². The number of aryl methyl sites for hydroxylation is 1. The van der Waals surface area contributed by atoms with Crippen molar-refractivity contribution in [3.05, 3.63) is 27.2 Å². The minimum atomic E-state index is -0.616. The van der Waals surface area contributed by atoms with E-state index in [1.54, 1.807) is 14.0 Å². The lowest BCUT2D eigenvalue weighted by molar-refractivity contribution is 0.0514. The summed E-state index contributed by atoms with van der Waals surface area (Å²) in [7, 11) is 1.57. The van der Waals surface area contributed by atoms with Crippen LogP contribution >= 0.6 is 22.9 Å². The Kier molecular flexibility index (Phi) is 7.86. The van der Waals surface area contributed by atoms with E-state index in [0.29, 0.717) is 41.9 Å². The van der Waals surface area contributed by atoms with E-state index in [4.69, 9.17) is 21.1 Å². The third kappa shape index (κ3) is 5.11. The number of ketones is 1. The first kappa shape index (κ1) is 24.1. The average molecular weight is 484 g/mol. The number of aromatic nitrogens is 3. The molecule has 10 nitrogen and oxygen atoms in total. The number of carbonyl (C=O) groups excluding carboxylic acids is 3. The number of hydrogen-bond donors (Lipinski definition) is 2. The maximum absolute atomic E-state index is 12.6. The fourth-order valence-electron chi connectivity index (χ4n) is 3.48. The number of nitrogens with one attached hydrogen (secondary N) is 2. The largest absolute Gasteiger partial charge is 0.461 e. The number of methoxy groups -OCH3 is 1. The van der Waals surface area contributed by atoms with E-state index in [2.05, 4.69) is 20.3 Å². The van der Waals surface area contributed by atoms with Crippen molar-refractivity contribution in [1.82, 2.24) is 20.3 Å². The van der Waals surface area contributed by atoms with Crippen LogP contribution < -0.4 is 10.2 Å². The molecule has 1 fully saturated rings. The van der Waals surface area contributed by atoms with Crippen molar-refractivity contribution in [1.29, 1.82) is 0 Å². The second-order valence-electron chi connectivity index (χ2n) is 7.25. The average Bonchev–Trinajstić information content (AvgIpc) is 3.38. The number of H-pyrrole nitrogens is 1. The number of piperidine rings is 1. The Bertz CT molecular complexity index is 1010. The number of aromatic amines is 1. The number of nitrogens with zero attached hydrogens (tertiary/aromatic N) is 3. The first-order valence-corrected chi connectivity index (χ1v) is 11.5. The summed E-state index contributed by atoms with van der Waals surface area (Å²) in [5.41, 5.74) is 0.738. The highest BCUT2D eigenvalue weighted by Gasteiger charge is 2.34. The zero-order valence-electron chi connectivity index (χ0n) is 18.4. The second kappa shape index (κ2) is 10.4. The van der Waals surface area contributed by atoms with Crippen molar-refractivity contribution >= 4 is 45.7 Å². The molecule has 3 heterocycles. The fourth-order valence-corrected chi connectivity index (χ4v) is 4.73. The number of imidazole rings is 1. The number of hydrogen-bond acceptors (Lipinski definition) is 9. The van der Waals surface area contributed by atoms with Crippen molar-refractivity contribution in [2.24, 2.45) is 0 Å². The standard InChI is InChI=1S/C20H26ClN5O5S/c1-5-11-16(21)25-17(22-11)18(28)23-12-7-8-26(9-13(12)30-4)20-24-14(19(29)31-6-2)15(32-20)10(3)27/h12-13H,5-9H2,1-4H3,(H,22,25)(H,23,28)/t12-,13+/m1/s1. The number of thiazole rings is 1. The van der Waals surface area contributed by atoms with Crippen LogP contribution in [0.1, 0.15) is 63.7 Å². The van der Waals surface area contributed by atoms with Crippen LogP contribution in [-0.2, 0) is 15.9 Å². The lowest BCUT2D eigenvalue weighted by Gasteiger charge is -2.37. The van der Waals surface area contributed by atoms with E-state index in [1.165, 1.54) is 6.92 Å². The van der Waals surface area contributed by atoms with E-state index >= 15 is 0 Å². The molecule has 0 radical (unpaired) electrons. The highest BCUT2D eigenvalue weighted by atomic mass is 35.5. The molecular formula is C20H26ClN5O5S. The molecule has 2 aromatic rings. The lowest BCUT2D eigenvalue weighted by atomic mass is 10.0. The molecule has 0 bridgehead atoms. The summed E-state index contributed by atoms with van der Waals surface area (Å²) in [5, 5.41) is 3.78. The van der Waals surface area contributed by atoms with Crippen LogP contribution in [0.3, 0.4) is 0 Å². The van der Waals surface area contributed by atoms with Crippen molar-refractivity contribution in [3.63, 3.8) is 0 Å². The molecule has 0 spiro atoms. The molecule has 1 saturated heterocycles. The molecule has 1 amide bonds. The van der Waals surface area contributed by atoms with E-state index < -0.39 is 5.97 Å². The Labute approximate surface area is 194 Å². The lowest BCUT2D eigenvalue weighted by Crippen LogP contribution is -2.55. The van der Waals surface area contributed by atoms with Crippen LogP contribution in [0.5, 0.6) is 0 Å². The number of rotatable bonds is 8. The minimum absolute atomic E-state index is 0.0326. The molecule has 1 aliphatic rings. The zero-order chi connectivity index (χ0) is 23.4. The van der Waals surface area contributed by atoms with Crippen LogP contribution in [-0.4, -0.2) is 71.6 Å². The van der Waals surface area contributed by atoms with Gasteiger partial charge in [0, 0.05) is 27.1 Å². The molecule has 12 heteroatoms. The SMILES string of the molecule is CCOC(=O)c1nc(N2CC[C@@H](NC(=O)c3nc(Cl)c(CC)[nH]3)[C@@H](OC)C2)sc1C(C)=O. The van der Waals surface area contributed by atoms with Gasteiger partial charge in [0.05, 0.1) is 24.4 Å². The zero-order valence-corrected chi connectivity index (χ0v) is 19.9. The topological polar surface area (TPSA) is 127 Å². The van der Waals surface area contributed by atoms with Crippen LogP contribution in [0, 0.1) is 0 Å². The summed E-state index contributed by atoms with van der Waals surface area (Å²) in [4.78, 5) is 50.4. The predicted molar refractivity (Wildman–Crippen MR) is 120 cm³/mol. The third-order valence-electron chi connectivity index (χ3n) is 5.15. The van der Waals surface area contributed by atoms with Gasteiger partial charge in [0.2, 0.25) is 0 Å². The van der Waals surface area contributed by atoms with Crippen LogP contribution in [0.25, 0.3) is 0 Å². The van der Waals surface area contributed by atoms with Gasteiger partial charge in [0.1, 0.15) is 4.88 Å². The monoisotopic (exact) mass is 483 g/mol. The molecule has 174 valence electrons. The van der Waals surface area contributed by atoms with Gasteiger partial charge in [0.25, 0.3) is 5.91 Å². The predicted octanol–water partition coefficient (Wildman–Crippen LogP) is 2.49. The maximum atomic E-state index is 12.6. The summed E-state index contributed by atoms with van der Waals surface area (Å²) < 4.78 is 10.6. The Hall–Kier alpha value is -2.50. The van der Waals surface area contributed by atoms with Gasteiger partial charge in [-0.25, -0.2) is 14.8 Å². The van der Waals surface area contributed by atoms with Gasteiger partial charge in [0.15, 0.2) is 27.6 Å². The first-order chi connectivity index (χ1) is 15.3. The summed E-state index contributed by atoms with van der Waals surface area (Å²) in [6.07, 6.45) is 0.880. The summed E-state index contributed by atoms with van der Waals surface area (Å²) in [6, 6.07) is -0.255. The number of Topliss-reactive ketones (excluding diaryl/α,β-unsaturated/α-hetero) is 1. The van der Waals surface area contributed by atoms with Gasteiger partial charge < -0.3 is 24.7 Å². The summed E-state index contributed by atoms with van der Waals surface area (Å²) >= 11 is 7.19. The summed E-state index contributed by atoms with van der Waals surface area (Å²) in [5.74, 6) is -1.06. The molecule has 2 N–H and O–H groups in total. The van der Waals surface area contributed by atoms with Crippen molar-refractivity contribution in [2.45, 2.75) is 45.8 Å². The number of esters is 1. The van der Waals surface area contributed by atoms with Crippen molar-refractivity contribution in [3.8, 4) is 0 Å². The van der Waals surface area contributed by atoms with Gasteiger partial charge in [-0.3, -0.25) is 9.59 Å². The molecule has 3 rings (SSSR count). The third-order valence-corrected chi connectivity index (χ3v) is 6.68. The molecule has 2 atom stereocenters. The van der Waals surface area contributed by atoms with Gasteiger partial charge >= 0.3 is 5.97 Å². The number of ether oxygens (including phenoxy) is 2. The Morgan fingerprint density at radius 2 is 2.06 bits per heavy atom. The molecule has 0 saturated carbocycles. The molecule has 0 aliphatic carbocycles. The fraction of sp³-hybridized carbons (Fsp3) is 0.550. The van der Waals surface area contributed by atoms with Crippen LogP contribution in [0.2, 0.25) is 5.15 Å². The van der Waals surface area contributed by atoms with Gasteiger partial charge in [-0.1, -0.05) is 29.9 Å².